The molecule has 1 unspecified atom stereocenters. The summed E-state index contributed by atoms with van der Waals surface area (Å²) in [7, 11) is 0. The van der Waals surface area contributed by atoms with Crippen LogP contribution in [-0.2, 0) is 0 Å². The Bertz CT molecular complexity index is 509. The molecule has 0 saturated carbocycles. The molecule has 0 aliphatic rings. The van der Waals surface area contributed by atoms with Gasteiger partial charge in [-0.1, -0.05) is 12.1 Å². The lowest BCUT2D eigenvalue weighted by Crippen LogP contribution is -1.96. The van der Waals surface area contributed by atoms with Gasteiger partial charge in [0.2, 0.25) is 0 Å². The molecule has 0 bridgehead atoms. The van der Waals surface area contributed by atoms with Crippen molar-refractivity contribution in [3.05, 3.63) is 55.9 Å². The Morgan fingerprint density at radius 2 is 2.12 bits per heavy atom. The van der Waals surface area contributed by atoms with E-state index in [0.717, 1.165) is 14.9 Å². The fourth-order valence-corrected chi connectivity index (χ4v) is 3.64. The SMILES string of the molecule is Cc1ccc(C(Cl)c2sccc2Br)c(F)c1. The lowest BCUT2D eigenvalue weighted by molar-refractivity contribution is 0.611. The monoisotopic (exact) mass is 318 g/mol. The largest absolute Gasteiger partial charge is 0.207 e. The van der Waals surface area contributed by atoms with Crippen LogP contribution in [0.3, 0.4) is 0 Å². The first kappa shape index (κ1) is 12.1. The number of alkyl halides is 1. The maximum absolute atomic E-state index is 13.7. The van der Waals surface area contributed by atoms with E-state index in [0.29, 0.717) is 5.56 Å². The van der Waals surface area contributed by atoms with Gasteiger partial charge in [0.05, 0.1) is 5.38 Å². The van der Waals surface area contributed by atoms with Crippen LogP contribution in [0, 0.1) is 12.7 Å². The van der Waals surface area contributed by atoms with Gasteiger partial charge in [-0.25, -0.2) is 4.39 Å². The molecule has 0 saturated heterocycles. The highest BCUT2D eigenvalue weighted by Gasteiger charge is 2.18. The van der Waals surface area contributed by atoms with Gasteiger partial charge in [0.15, 0.2) is 0 Å². The van der Waals surface area contributed by atoms with Crippen molar-refractivity contribution in [2.75, 3.05) is 0 Å². The number of thiophene rings is 1. The summed E-state index contributed by atoms with van der Waals surface area (Å²) in [5.41, 5.74) is 1.42. The highest BCUT2D eigenvalue weighted by molar-refractivity contribution is 9.10. The fraction of sp³-hybridized carbons (Fsp3) is 0.167. The van der Waals surface area contributed by atoms with E-state index in [1.807, 2.05) is 24.4 Å². The van der Waals surface area contributed by atoms with E-state index in [-0.39, 0.29) is 5.82 Å². The highest BCUT2D eigenvalue weighted by Crippen LogP contribution is 2.38. The van der Waals surface area contributed by atoms with E-state index in [2.05, 4.69) is 15.9 Å². The minimum absolute atomic E-state index is 0.250. The summed E-state index contributed by atoms with van der Waals surface area (Å²) in [6.45, 7) is 1.86. The second kappa shape index (κ2) is 4.86. The van der Waals surface area contributed by atoms with E-state index in [4.69, 9.17) is 11.6 Å². The zero-order chi connectivity index (χ0) is 11.7. The number of hydrogen-bond donors (Lipinski definition) is 0. The van der Waals surface area contributed by atoms with E-state index in [1.165, 1.54) is 17.4 Å². The van der Waals surface area contributed by atoms with Crippen molar-refractivity contribution in [1.29, 1.82) is 0 Å². The van der Waals surface area contributed by atoms with E-state index in [1.54, 1.807) is 6.07 Å². The summed E-state index contributed by atoms with van der Waals surface area (Å²) in [5.74, 6) is -0.250. The molecule has 2 aromatic rings. The van der Waals surface area contributed by atoms with Crippen LogP contribution in [0.1, 0.15) is 21.4 Å². The Kier molecular flexibility index (Phi) is 3.67. The maximum Gasteiger partial charge on any atom is 0.128 e. The third-order valence-electron chi connectivity index (χ3n) is 2.30. The van der Waals surface area contributed by atoms with Crippen LogP contribution in [0.5, 0.6) is 0 Å². The normalized spacial score (nSPS) is 12.8. The Morgan fingerprint density at radius 3 is 2.69 bits per heavy atom. The molecule has 0 amide bonds. The molecule has 1 atom stereocenters. The summed E-state index contributed by atoms with van der Waals surface area (Å²) < 4.78 is 14.7. The van der Waals surface area contributed by atoms with Gasteiger partial charge in [0, 0.05) is 14.9 Å². The zero-order valence-electron chi connectivity index (χ0n) is 8.51. The van der Waals surface area contributed by atoms with Gasteiger partial charge >= 0.3 is 0 Å². The molecule has 1 heterocycles. The first-order valence-electron chi connectivity index (χ1n) is 4.72. The second-order valence-corrected chi connectivity index (χ2v) is 5.76. The molecule has 1 aromatic carbocycles. The quantitative estimate of drug-likeness (QED) is 0.660. The molecular formula is C12H9BrClFS. The van der Waals surface area contributed by atoms with Crippen LogP contribution in [0.4, 0.5) is 4.39 Å². The third-order valence-corrected chi connectivity index (χ3v) is 4.82. The van der Waals surface area contributed by atoms with Crippen molar-refractivity contribution < 1.29 is 4.39 Å². The molecule has 0 N–H and O–H groups in total. The average Bonchev–Trinajstić information content (AvgIpc) is 2.63. The van der Waals surface area contributed by atoms with Gasteiger partial charge in [0.25, 0.3) is 0 Å². The smallest absolute Gasteiger partial charge is 0.128 e. The summed E-state index contributed by atoms with van der Waals surface area (Å²) in [6, 6.07) is 7.04. The van der Waals surface area contributed by atoms with E-state index < -0.39 is 5.38 Å². The van der Waals surface area contributed by atoms with Crippen molar-refractivity contribution in [3.8, 4) is 0 Å². The Labute approximate surface area is 111 Å². The van der Waals surface area contributed by atoms with Crippen molar-refractivity contribution in [1.82, 2.24) is 0 Å². The van der Waals surface area contributed by atoms with Crippen LogP contribution in [0.15, 0.2) is 34.1 Å². The molecule has 1 aromatic heterocycles. The summed E-state index contributed by atoms with van der Waals surface area (Å²) in [6.07, 6.45) is 0. The fourth-order valence-electron chi connectivity index (χ4n) is 1.47. The second-order valence-electron chi connectivity index (χ2n) is 3.52. The number of halogens is 3. The van der Waals surface area contributed by atoms with Crippen molar-refractivity contribution in [2.45, 2.75) is 12.3 Å². The molecule has 0 fully saturated rings. The standard InChI is InChI=1S/C12H9BrClFS/c1-7-2-3-8(10(15)6-7)11(14)12-9(13)4-5-16-12/h2-6,11H,1H3. The number of aryl methyl sites for hydroxylation is 1. The highest BCUT2D eigenvalue weighted by atomic mass is 79.9. The van der Waals surface area contributed by atoms with Crippen molar-refractivity contribution >= 4 is 38.9 Å². The average molecular weight is 320 g/mol. The van der Waals surface area contributed by atoms with Crippen molar-refractivity contribution in [2.24, 2.45) is 0 Å². The van der Waals surface area contributed by atoms with E-state index >= 15 is 0 Å². The maximum atomic E-state index is 13.7. The summed E-state index contributed by atoms with van der Waals surface area (Å²) in [5, 5.41) is 1.50. The molecule has 0 nitrogen and oxygen atoms in total. The minimum atomic E-state index is -0.435. The third kappa shape index (κ3) is 2.31. The Balaban J connectivity index is 2.41. The lowest BCUT2D eigenvalue weighted by atomic mass is 10.1. The minimum Gasteiger partial charge on any atom is -0.207 e. The summed E-state index contributed by atoms with van der Waals surface area (Å²) in [4.78, 5) is 0.935. The van der Waals surface area contributed by atoms with Gasteiger partial charge < -0.3 is 0 Å². The summed E-state index contributed by atoms with van der Waals surface area (Å²) >= 11 is 11.2. The van der Waals surface area contributed by atoms with E-state index in [9.17, 15) is 4.39 Å². The zero-order valence-corrected chi connectivity index (χ0v) is 11.7. The first-order chi connectivity index (χ1) is 7.59. The number of benzene rings is 1. The first-order valence-corrected chi connectivity index (χ1v) is 6.83. The molecule has 84 valence electrons. The van der Waals surface area contributed by atoms with Gasteiger partial charge in [-0.15, -0.1) is 22.9 Å². The van der Waals surface area contributed by atoms with Gasteiger partial charge in [-0.2, -0.15) is 0 Å². The molecule has 0 radical (unpaired) electrons. The molecule has 2 rings (SSSR count). The van der Waals surface area contributed by atoms with Crippen LogP contribution in [0.2, 0.25) is 0 Å². The van der Waals surface area contributed by atoms with Crippen LogP contribution < -0.4 is 0 Å². The Morgan fingerprint density at radius 1 is 1.38 bits per heavy atom. The van der Waals surface area contributed by atoms with Gasteiger partial charge in [0.1, 0.15) is 5.82 Å². The molecule has 0 aliphatic heterocycles. The van der Waals surface area contributed by atoms with Crippen LogP contribution in [0.25, 0.3) is 0 Å². The van der Waals surface area contributed by atoms with Gasteiger partial charge in [-0.3, -0.25) is 0 Å². The topological polar surface area (TPSA) is 0 Å². The van der Waals surface area contributed by atoms with Crippen LogP contribution in [-0.4, -0.2) is 0 Å². The van der Waals surface area contributed by atoms with Gasteiger partial charge in [-0.05, 0) is 45.9 Å². The van der Waals surface area contributed by atoms with Crippen LogP contribution >= 0.6 is 38.9 Å². The Hall–Kier alpha value is -0.380. The molecule has 4 heteroatoms. The molecular weight excluding hydrogens is 311 g/mol. The number of rotatable bonds is 2. The van der Waals surface area contributed by atoms with Crippen molar-refractivity contribution in [3.63, 3.8) is 0 Å². The molecule has 0 spiro atoms. The molecule has 16 heavy (non-hydrogen) atoms. The predicted molar refractivity (Wildman–Crippen MR) is 70.9 cm³/mol. The number of hydrogen-bond acceptors (Lipinski definition) is 1. The molecule has 0 aliphatic carbocycles. The lowest BCUT2D eigenvalue weighted by Gasteiger charge is -2.10. The predicted octanol–water partition coefficient (Wildman–Crippen LogP) is 5.29.